The summed E-state index contributed by atoms with van der Waals surface area (Å²) in [6, 6.07) is 0. The lowest BCUT2D eigenvalue weighted by Crippen LogP contribution is -2.47. The molecule has 2 aliphatic rings. The maximum Gasteiger partial charge on any atom is 0.0594 e. The highest BCUT2D eigenvalue weighted by Gasteiger charge is 2.22. The maximum absolute atomic E-state index is 5.28. The van der Waals surface area contributed by atoms with E-state index in [1.165, 1.54) is 0 Å². The molecular weight excluding hydrogens is 290 g/mol. The summed E-state index contributed by atoms with van der Waals surface area (Å²) in [6.45, 7) is 23.5. The van der Waals surface area contributed by atoms with Gasteiger partial charge in [-0.2, -0.15) is 0 Å². The largest absolute Gasteiger partial charge is 0.379 e. The quantitative estimate of drug-likeness (QED) is 0.855. The summed E-state index contributed by atoms with van der Waals surface area (Å²) in [5.41, 5.74) is 0.566. The molecule has 0 unspecified atom stereocenters. The van der Waals surface area contributed by atoms with Gasteiger partial charge in [-0.15, -0.1) is 0 Å². The van der Waals surface area contributed by atoms with Crippen LogP contribution in [0.2, 0.25) is 0 Å². The minimum atomic E-state index is 0.242. The molecule has 2 aliphatic heterocycles. The molecule has 5 heteroatoms. The van der Waals surface area contributed by atoms with E-state index in [2.05, 4.69) is 56.7 Å². The molecule has 0 atom stereocenters. The Hall–Kier alpha value is -0.200. The van der Waals surface area contributed by atoms with E-state index in [0.717, 1.165) is 65.7 Å². The van der Waals surface area contributed by atoms with Crippen LogP contribution in [0.15, 0.2) is 0 Å². The van der Waals surface area contributed by atoms with Crippen molar-refractivity contribution in [3.8, 4) is 0 Å². The van der Waals surface area contributed by atoms with Crippen LogP contribution in [0.5, 0.6) is 0 Å². The van der Waals surface area contributed by atoms with Crippen molar-refractivity contribution in [3.63, 3.8) is 0 Å². The van der Waals surface area contributed by atoms with Crippen molar-refractivity contribution in [1.82, 2.24) is 15.1 Å². The molecule has 0 aromatic rings. The summed E-state index contributed by atoms with van der Waals surface area (Å²) in [5.74, 6) is 0. The zero-order valence-corrected chi connectivity index (χ0v) is 16.3. The van der Waals surface area contributed by atoms with Gasteiger partial charge in [0.25, 0.3) is 0 Å². The third kappa shape index (κ3) is 10.3. The standard InChI is InChI=1S/C10H22N2O.C8H17NO/c1-10(2,3)11-4-5-12-6-8-13-9-7-12;1-8(2,3)9-4-6-10-7-5-9/h11H,4-9H2,1-3H3;4-7H2,1-3H3. The zero-order chi connectivity index (χ0) is 17.3. The summed E-state index contributed by atoms with van der Waals surface area (Å²) in [5, 5.41) is 3.49. The van der Waals surface area contributed by atoms with Crippen LogP contribution in [0.3, 0.4) is 0 Å². The van der Waals surface area contributed by atoms with Gasteiger partial charge < -0.3 is 14.8 Å². The Kier molecular flexibility index (Phi) is 9.01. The highest BCUT2D eigenvalue weighted by molar-refractivity contribution is 4.77. The van der Waals surface area contributed by atoms with Crippen molar-refractivity contribution in [2.45, 2.75) is 52.6 Å². The first kappa shape index (κ1) is 20.8. The molecule has 0 amide bonds. The predicted octanol–water partition coefficient (Wildman–Crippen LogP) is 1.82. The van der Waals surface area contributed by atoms with E-state index in [4.69, 9.17) is 9.47 Å². The molecule has 23 heavy (non-hydrogen) atoms. The molecule has 0 radical (unpaired) electrons. The molecule has 138 valence electrons. The van der Waals surface area contributed by atoms with Crippen molar-refractivity contribution in [3.05, 3.63) is 0 Å². The smallest absolute Gasteiger partial charge is 0.0594 e. The van der Waals surface area contributed by atoms with Gasteiger partial charge in [0.2, 0.25) is 0 Å². The lowest BCUT2D eigenvalue weighted by molar-refractivity contribution is -0.00389. The SMILES string of the molecule is CC(C)(C)N1CCOCC1.CC(C)(C)NCCN1CCOCC1. The highest BCUT2D eigenvalue weighted by Crippen LogP contribution is 2.13. The fourth-order valence-corrected chi connectivity index (χ4v) is 2.65. The second kappa shape index (κ2) is 9.94. The fourth-order valence-electron chi connectivity index (χ4n) is 2.65. The predicted molar refractivity (Wildman–Crippen MR) is 97.2 cm³/mol. The number of rotatable bonds is 3. The summed E-state index contributed by atoms with van der Waals surface area (Å²) in [4.78, 5) is 4.90. The molecular formula is C18H39N3O2. The van der Waals surface area contributed by atoms with Gasteiger partial charge in [-0.25, -0.2) is 0 Å². The minimum Gasteiger partial charge on any atom is -0.379 e. The van der Waals surface area contributed by atoms with Gasteiger partial charge in [-0.1, -0.05) is 0 Å². The third-order valence-corrected chi connectivity index (χ3v) is 4.15. The van der Waals surface area contributed by atoms with Gasteiger partial charge in [0, 0.05) is 50.3 Å². The summed E-state index contributed by atoms with van der Waals surface area (Å²) < 4.78 is 10.5. The molecule has 0 aromatic carbocycles. The van der Waals surface area contributed by atoms with Crippen LogP contribution in [0.25, 0.3) is 0 Å². The molecule has 2 saturated heterocycles. The number of hydrogen-bond donors (Lipinski definition) is 1. The topological polar surface area (TPSA) is 37.0 Å². The Morgan fingerprint density at radius 1 is 0.783 bits per heavy atom. The third-order valence-electron chi connectivity index (χ3n) is 4.15. The van der Waals surface area contributed by atoms with Gasteiger partial charge in [-0.05, 0) is 41.5 Å². The zero-order valence-electron chi connectivity index (χ0n) is 16.3. The van der Waals surface area contributed by atoms with Gasteiger partial charge in [0.05, 0.1) is 26.4 Å². The molecule has 0 aliphatic carbocycles. The number of hydrogen-bond acceptors (Lipinski definition) is 5. The Morgan fingerprint density at radius 2 is 1.26 bits per heavy atom. The van der Waals surface area contributed by atoms with E-state index in [9.17, 15) is 0 Å². The normalized spacial score (nSPS) is 21.7. The van der Waals surface area contributed by atoms with Crippen LogP contribution in [-0.2, 0) is 9.47 Å². The maximum atomic E-state index is 5.28. The monoisotopic (exact) mass is 329 g/mol. The summed E-state index contributed by atoms with van der Waals surface area (Å²) in [7, 11) is 0. The van der Waals surface area contributed by atoms with Crippen LogP contribution in [0.4, 0.5) is 0 Å². The molecule has 1 N–H and O–H groups in total. The second-order valence-corrected chi connectivity index (χ2v) is 8.40. The lowest BCUT2D eigenvalue weighted by atomic mass is 10.1. The van der Waals surface area contributed by atoms with Crippen LogP contribution in [0.1, 0.15) is 41.5 Å². The number of nitrogens with one attached hydrogen (secondary N) is 1. The van der Waals surface area contributed by atoms with Crippen LogP contribution < -0.4 is 5.32 Å². The van der Waals surface area contributed by atoms with Crippen LogP contribution >= 0.6 is 0 Å². The molecule has 5 nitrogen and oxygen atoms in total. The first-order valence-electron chi connectivity index (χ1n) is 9.06. The lowest BCUT2D eigenvalue weighted by Gasteiger charge is -2.38. The molecule has 0 aromatic heterocycles. The summed E-state index contributed by atoms with van der Waals surface area (Å²) >= 11 is 0. The minimum absolute atomic E-state index is 0.242. The molecule has 2 heterocycles. The van der Waals surface area contributed by atoms with E-state index in [1.807, 2.05) is 0 Å². The Labute approximate surface area is 143 Å². The second-order valence-electron chi connectivity index (χ2n) is 8.40. The first-order chi connectivity index (χ1) is 10.7. The van der Waals surface area contributed by atoms with E-state index in [1.54, 1.807) is 0 Å². The average molecular weight is 330 g/mol. The van der Waals surface area contributed by atoms with Crippen molar-refractivity contribution in [2.75, 3.05) is 65.7 Å². The van der Waals surface area contributed by atoms with E-state index in [-0.39, 0.29) is 5.54 Å². The number of morpholine rings is 2. The van der Waals surface area contributed by atoms with E-state index in [0.29, 0.717) is 5.54 Å². The highest BCUT2D eigenvalue weighted by atomic mass is 16.5. The van der Waals surface area contributed by atoms with E-state index >= 15 is 0 Å². The first-order valence-corrected chi connectivity index (χ1v) is 9.06. The van der Waals surface area contributed by atoms with Crippen LogP contribution in [-0.4, -0.2) is 86.6 Å². The van der Waals surface area contributed by atoms with Gasteiger partial charge in [-0.3, -0.25) is 9.80 Å². The number of nitrogens with zero attached hydrogens (tertiary/aromatic N) is 2. The molecule has 2 rings (SSSR count). The van der Waals surface area contributed by atoms with Crippen LogP contribution in [0, 0.1) is 0 Å². The van der Waals surface area contributed by atoms with Gasteiger partial charge in [0.15, 0.2) is 0 Å². The molecule has 0 spiro atoms. The van der Waals surface area contributed by atoms with Crippen molar-refractivity contribution in [1.29, 1.82) is 0 Å². The van der Waals surface area contributed by atoms with E-state index < -0.39 is 0 Å². The van der Waals surface area contributed by atoms with Crippen molar-refractivity contribution >= 4 is 0 Å². The Morgan fingerprint density at radius 3 is 1.65 bits per heavy atom. The van der Waals surface area contributed by atoms with Crippen molar-refractivity contribution in [2.24, 2.45) is 0 Å². The molecule has 0 saturated carbocycles. The van der Waals surface area contributed by atoms with Crippen molar-refractivity contribution < 1.29 is 9.47 Å². The molecule has 2 fully saturated rings. The average Bonchev–Trinajstić information content (AvgIpc) is 2.48. The Bertz CT molecular complexity index is 298. The molecule has 0 bridgehead atoms. The van der Waals surface area contributed by atoms with Gasteiger partial charge in [0.1, 0.15) is 0 Å². The van der Waals surface area contributed by atoms with Gasteiger partial charge >= 0.3 is 0 Å². The summed E-state index contributed by atoms with van der Waals surface area (Å²) in [6.07, 6.45) is 0. The Balaban J connectivity index is 0.000000238. The number of ether oxygens (including phenoxy) is 2. The fraction of sp³-hybridized carbons (Fsp3) is 1.00.